The number of halogens is 1. The van der Waals surface area contributed by atoms with Crippen LogP contribution in [0.5, 0.6) is 0 Å². The number of aryl methyl sites for hydroxylation is 1. The van der Waals surface area contributed by atoms with Crippen LogP contribution in [0.4, 0.5) is 0 Å². The van der Waals surface area contributed by atoms with Gasteiger partial charge in [0.15, 0.2) is 4.60 Å². The number of rotatable bonds is 1. The molecule has 0 saturated heterocycles. The minimum absolute atomic E-state index is 0.264. The molecule has 1 aliphatic rings. The summed E-state index contributed by atoms with van der Waals surface area (Å²) in [5.74, 6) is 1.14. The first kappa shape index (κ1) is 10.8. The summed E-state index contributed by atoms with van der Waals surface area (Å²) in [6.45, 7) is 2.19. The number of ketones is 1. The molecule has 1 saturated carbocycles. The van der Waals surface area contributed by atoms with Gasteiger partial charge in [0.05, 0.1) is 5.69 Å². The average Bonchev–Trinajstić information content (AvgIpc) is 2.51. The van der Waals surface area contributed by atoms with Crippen molar-refractivity contribution < 1.29 is 4.79 Å². The molecule has 0 bridgehead atoms. The Labute approximate surface area is 97.2 Å². The Morgan fingerprint density at radius 1 is 1.53 bits per heavy atom. The van der Waals surface area contributed by atoms with Crippen molar-refractivity contribution in [2.24, 2.45) is 13.0 Å². The van der Waals surface area contributed by atoms with Crippen molar-refractivity contribution in [3.63, 3.8) is 0 Å². The zero-order valence-electron chi connectivity index (χ0n) is 8.90. The maximum atomic E-state index is 11.5. The van der Waals surface area contributed by atoms with Crippen LogP contribution in [0.25, 0.3) is 0 Å². The molecule has 1 aliphatic carbocycles. The van der Waals surface area contributed by atoms with E-state index in [0.29, 0.717) is 18.1 Å². The Morgan fingerprint density at radius 3 is 2.87 bits per heavy atom. The van der Waals surface area contributed by atoms with E-state index in [1.807, 2.05) is 7.05 Å². The van der Waals surface area contributed by atoms with Crippen molar-refractivity contribution in [1.29, 1.82) is 0 Å². The van der Waals surface area contributed by atoms with Gasteiger partial charge in [-0.3, -0.25) is 9.48 Å². The van der Waals surface area contributed by atoms with E-state index in [9.17, 15) is 4.79 Å². The zero-order chi connectivity index (χ0) is 11.0. The molecule has 0 amide bonds. The highest BCUT2D eigenvalue weighted by Crippen LogP contribution is 2.37. The van der Waals surface area contributed by atoms with Crippen LogP contribution in [-0.4, -0.2) is 20.8 Å². The molecule has 0 spiro atoms. The van der Waals surface area contributed by atoms with Crippen molar-refractivity contribution >= 4 is 21.7 Å². The third-order valence-corrected chi connectivity index (χ3v) is 3.76. The van der Waals surface area contributed by atoms with Gasteiger partial charge in [-0.1, -0.05) is 12.1 Å². The summed E-state index contributed by atoms with van der Waals surface area (Å²) in [6, 6.07) is 0. The predicted molar refractivity (Wildman–Crippen MR) is 59.5 cm³/mol. The number of Topliss-reactive ketones (excluding diaryl/α,β-unsaturated/α-hetero) is 1. The number of hydrogen-bond donors (Lipinski definition) is 0. The predicted octanol–water partition coefficient (Wildman–Crippen LogP) is 2.05. The van der Waals surface area contributed by atoms with Gasteiger partial charge in [-0.25, -0.2) is 0 Å². The summed E-state index contributed by atoms with van der Waals surface area (Å²) < 4.78 is 2.54. The Kier molecular flexibility index (Phi) is 2.91. The van der Waals surface area contributed by atoms with Gasteiger partial charge in [0.2, 0.25) is 0 Å². The molecule has 5 heteroatoms. The van der Waals surface area contributed by atoms with Gasteiger partial charge in [-0.2, -0.15) is 0 Å². The standard InChI is InChI=1S/C10H14BrN3O/c1-6-3-4-7(15)5-8(6)9-10(11)12-13-14(9)2/h6,8H,3-5H2,1-2H3. The number of carbonyl (C=O) groups excluding carboxylic acids is 1. The lowest BCUT2D eigenvalue weighted by atomic mass is 9.78. The van der Waals surface area contributed by atoms with Crippen molar-refractivity contribution in [3.05, 3.63) is 10.3 Å². The summed E-state index contributed by atoms with van der Waals surface area (Å²) >= 11 is 3.39. The van der Waals surface area contributed by atoms with Crippen molar-refractivity contribution in [3.8, 4) is 0 Å². The molecule has 0 N–H and O–H groups in total. The van der Waals surface area contributed by atoms with E-state index in [2.05, 4.69) is 33.2 Å². The number of carbonyl (C=O) groups is 1. The van der Waals surface area contributed by atoms with Crippen LogP contribution in [0.15, 0.2) is 4.60 Å². The van der Waals surface area contributed by atoms with Gasteiger partial charge in [0, 0.05) is 25.8 Å². The quantitative estimate of drug-likeness (QED) is 0.786. The van der Waals surface area contributed by atoms with Crippen molar-refractivity contribution in [1.82, 2.24) is 15.0 Å². The lowest BCUT2D eigenvalue weighted by Crippen LogP contribution is -2.23. The molecule has 1 aromatic heterocycles. The SMILES string of the molecule is CC1CCC(=O)CC1c1c(Br)nnn1C. The molecule has 0 aliphatic heterocycles. The summed E-state index contributed by atoms with van der Waals surface area (Å²) in [6.07, 6.45) is 2.32. The minimum Gasteiger partial charge on any atom is -0.300 e. The second kappa shape index (κ2) is 4.04. The number of nitrogens with zero attached hydrogens (tertiary/aromatic N) is 3. The highest BCUT2D eigenvalue weighted by molar-refractivity contribution is 9.10. The molecule has 2 unspecified atom stereocenters. The third kappa shape index (κ3) is 1.97. The third-order valence-electron chi connectivity index (χ3n) is 3.19. The first-order valence-electron chi connectivity index (χ1n) is 5.16. The number of aromatic nitrogens is 3. The lowest BCUT2D eigenvalue weighted by Gasteiger charge is -2.27. The van der Waals surface area contributed by atoms with Gasteiger partial charge in [-0.15, -0.1) is 5.10 Å². The van der Waals surface area contributed by atoms with Crippen LogP contribution in [0.2, 0.25) is 0 Å². The lowest BCUT2D eigenvalue weighted by molar-refractivity contribution is -0.121. The topological polar surface area (TPSA) is 47.8 Å². The van der Waals surface area contributed by atoms with Crippen LogP contribution in [0, 0.1) is 5.92 Å². The first-order chi connectivity index (χ1) is 7.09. The average molecular weight is 272 g/mol. The second-order valence-electron chi connectivity index (χ2n) is 4.25. The Balaban J connectivity index is 2.32. The Morgan fingerprint density at radius 2 is 2.27 bits per heavy atom. The molecular weight excluding hydrogens is 258 g/mol. The minimum atomic E-state index is 0.264. The largest absolute Gasteiger partial charge is 0.300 e. The molecule has 2 rings (SSSR count). The van der Waals surface area contributed by atoms with Crippen LogP contribution < -0.4 is 0 Å². The molecule has 0 radical (unpaired) electrons. The van der Waals surface area contributed by atoms with Crippen LogP contribution in [0.3, 0.4) is 0 Å². The molecule has 1 fully saturated rings. The van der Waals surface area contributed by atoms with E-state index in [-0.39, 0.29) is 5.92 Å². The Hall–Kier alpha value is -0.710. The monoisotopic (exact) mass is 271 g/mol. The van der Waals surface area contributed by atoms with E-state index in [4.69, 9.17) is 0 Å². The van der Waals surface area contributed by atoms with Crippen LogP contribution in [0.1, 0.15) is 37.8 Å². The van der Waals surface area contributed by atoms with E-state index < -0.39 is 0 Å². The molecule has 1 aromatic rings. The molecule has 0 aromatic carbocycles. The van der Waals surface area contributed by atoms with Gasteiger partial charge in [-0.05, 0) is 28.3 Å². The van der Waals surface area contributed by atoms with E-state index in [1.165, 1.54) is 0 Å². The first-order valence-corrected chi connectivity index (χ1v) is 5.95. The van der Waals surface area contributed by atoms with Gasteiger partial charge < -0.3 is 0 Å². The highest BCUT2D eigenvalue weighted by Gasteiger charge is 2.31. The van der Waals surface area contributed by atoms with Gasteiger partial charge >= 0.3 is 0 Å². The second-order valence-corrected chi connectivity index (χ2v) is 5.01. The molecule has 15 heavy (non-hydrogen) atoms. The van der Waals surface area contributed by atoms with Gasteiger partial charge in [0.1, 0.15) is 5.78 Å². The van der Waals surface area contributed by atoms with Crippen LogP contribution in [-0.2, 0) is 11.8 Å². The number of hydrogen-bond acceptors (Lipinski definition) is 3. The zero-order valence-corrected chi connectivity index (χ0v) is 10.5. The van der Waals surface area contributed by atoms with Crippen molar-refractivity contribution in [2.75, 3.05) is 0 Å². The summed E-state index contributed by atoms with van der Waals surface area (Å²) in [4.78, 5) is 11.5. The molecule has 1 heterocycles. The van der Waals surface area contributed by atoms with Crippen LogP contribution >= 0.6 is 15.9 Å². The van der Waals surface area contributed by atoms with Gasteiger partial charge in [0.25, 0.3) is 0 Å². The van der Waals surface area contributed by atoms with E-state index in [0.717, 1.165) is 23.1 Å². The van der Waals surface area contributed by atoms with Crippen molar-refractivity contribution in [2.45, 2.75) is 32.1 Å². The summed E-state index contributed by atoms with van der Waals surface area (Å²) in [7, 11) is 1.87. The Bertz CT molecular complexity index is 369. The smallest absolute Gasteiger partial charge is 0.151 e. The molecule has 4 nitrogen and oxygen atoms in total. The molecular formula is C10H14BrN3O. The summed E-state index contributed by atoms with van der Waals surface area (Å²) in [5.41, 5.74) is 1.05. The normalized spacial score (nSPS) is 27.0. The van der Waals surface area contributed by atoms with E-state index in [1.54, 1.807) is 4.68 Å². The maximum absolute atomic E-state index is 11.5. The molecule has 82 valence electrons. The fourth-order valence-corrected chi connectivity index (χ4v) is 2.86. The molecule has 2 atom stereocenters. The summed E-state index contributed by atoms with van der Waals surface area (Å²) in [5, 5.41) is 7.93. The fraction of sp³-hybridized carbons (Fsp3) is 0.700. The fourth-order valence-electron chi connectivity index (χ4n) is 2.24. The van der Waals surface area contributed by atoms with E-state index >= 15 is 0 Å². The maximum Gasteiger partial charge on any atom is 0.151 e. The highest BCUT2D eigenvalue weighted by atomic mass is 79.9.